The Balaban J connectivity index is 3.12. The van der Waals surface area contributed by atoms with E-state index in [0.717, 1.165) is 6.42 Å². The lowest BCUT2D eigenvalue weighted by Gasteiger charge is -2.24. The van der Waals surface area contributed by atoms with Gasteiger partial charge in [0, 0.05) is 13.3 Å². The second-order valence-corrected chi connectivity index (χ2v) is 4.07. The molecule has 14 heavy (non-hydrogen) atoms. The van der Waals surface area contributed by atoms with E-state index in [4.69, 9.17) is 10.5 Å². The average molecular weight is 260 g/mol. The second-order valence-electron chi connectivity index (χ2n) is 3.22. The summed E-state index contributed by atoms with van der Waals surface area (Å²) in [6.45, 7) is 3.96. The SMILES string of the molecule is CCC(C)(OC)c1ncc(Br)c(N)n1. The van der Waals surface area contributed by atoms with Crippen LogP contribution in [0.5, 0.6) is 0 Å². The maximum absolute atomic E-state index is 5.67. The first-order chi connectivity index (χ1) is 6.53. The molecule has 0 fully saturated rings. The van der Waals surface area contributed by atoms with Crippen LogP contribution in [0.25, 0.3) is 0 Å². The van der Waals surface area contributed by atoms with Gasteiger partial charge in [-0.15, -0.1) is 0 Å². The summed E-state index contributed by atoms with van der Waals surface area (Å²) in [4.78, 5) is 8.37. The minimum Gasteiger partial charge on any atom is -0.383 e. The highest BCUT2D eigenvalue weighted by molar-refractivity contribution is 9.10. The lowest BCUT2D eigenvalue weighted by atomic mass is 10.0. The number of rotatable bonds is 3. The number of halogens is 1. The highest BCUT2D eigenvalue weighted by Crippen LogP contribution is 2.27. The molecule has 78 valence electrons. The summed E-state index contributed by atoms with van der Waals surface area (Å²) < 4.78 is 6.08. The highest BCUT2D eigenvalue weighted by Gasteiger charge is 2.27. The number of ether oxygens (including phenoxy) is 1. The van der Waals surface area contributed by atoms with Gasteiger partial charge in [0.2, 0.25) is 0 Å². The molecule has 1 unspecified atom stereocenters. The molecular weight excluding hydrogens is 246 g/mol. The van der Waals surface area contributed by atoms with E-state index in [1.807, 2.05) is 13.8 Å². The molecule has 0 amide bonds. The van der Waals surface area contributed by atoms with E-state index in [1.54, 1.807) is 13.3 Å². The van der Waals surface area contributed by atoms with E-state index in [0.29, 0.717) is 16.1 Å². The maximum Gasteiger partial charge on any atom is 0.162 e. The van der Waals surface area contributed by atoms with Gasteiger partial charge in [-0.25, -0.2) is 9.97 Å². The molecule has 0 spiro atoms. The molecule has 0 radical (unpaired) electrons. The zero-order chi connectivity index (χ0) is 10.8. The third-order valence-electron chi connectivity index (χ3n) is 2.37. The summed E-state index contributed by atoms with van der Waals surface area (Å²) in [5.41, 5.74) is 5.21. The van der Waals surface area contributed by atoms with Crippen molar-refractivity contribution in [3.8, 4) is 0 Å². The molecule has 0 aliphatic rings. The molecule has 1 atom stereocenters. The monoisotopic (exact) mass is 259 g/mol. The average Bonchev–Trinajstić information content (AvgIpc) is 2.21. The van der Waals surface area contributed by atoms with Crippen molar-refractivity contribution in [3.05, 3.63) is 16.5 Å². The Morgan fingerprint density at radius 1 is 1.64 bits per heavy atom. The molecule has 1 rings (SSSR count). The number of methoxy groups -OCH3 is 1. The first-order valence-corrected chi connectivity index (χ1v) is 5.16. The Labute approximate surface area is 92.0 Å². The number of nitrogens with two attached hydrogens (primary N) is 1. The van der Waals surface area contributed by atoms with Gasteiger partial charge in [-0.3, -0.25) is 0 Å². The van der Waals surface area contributed by atoms with Crippen LogP contribution in [0.15, 0.2) is 10.7 Å². The van der Waals surface area contributed by atoms with Crippen LogP contribution in [0.1, 0.15) is 26.1 Å². The Kier molecular flexibility index (Phi) is 3.44. The van der Waals surface area contributed by atoms with Crippen molar-refractivity contribution in [2.45, 2.75) is 25.9 Å². The topological polar surface area (TPSA) is 61.0 Å². The number of aromatic nitrogens is 2. The van der Waals surface area contributed by atoms with E-state index in [-0.39, 0.29) is 0 Å². The fraction of sp³-hybridized carbons (Fsp3) is 0.556. The predicted octanol–water partition coefficient (Wildman–Crippen LogP) is 2.09. The maximum atomic E-state index is 5.67. The lowest BCUT2D eigenvalue weighted by Crippen LogP contribution is -2.26. The number of anilines is 1. The summed E-state index contributed by atoms with van der Waals surface area (Å²) in [6.07, 6.45) is 2.44. The molecule has 1 aromatic rings. The summed E-state index contributed by atoms with van der Waals surface area (Å²) in [5, 5.41) is 0. The summed E-state index contributed by atoms with van der Waals surface area (Å²) >= 11 is 3.25. The minimum atomic E-state index is -0.463. The van der Waals surface area contributed by atoms with E-state index < -0.39 is 5.60 Å². The Morgan fingerprint density at radius 3 is 2.71 bits per heavy atom. The van der Waals surface area contributed by atoms with Crippen molar-refractivity contribution in [3.63, 3.8) is 0 Å². The first-order valence-electron chi connectivity index (χ1n) is 4.37. The van der Waals surface area contributed by atoms with E-state index in [2.05, 4.69) is 25.9 Å². The fourth-order valence-corrected chi connectivity index (χ4v) is 1.22. The molecule has 5 heteroatoms. The molecule has 4 nitrogen and oxygen atoms in total. The van der Waals surface area contributed by atoms with Crippen LogP contribution in [-0.4, -0.2) is 17.1 Å². The number of hydrogen-bond donors (Lipinski definition) is 1. The molecule has 0 aromatic carbocycles. The van der Waals surface area contributed by atoms with E-state index in [9.17, 15) is 0 Å². The van der Waals surface area contributed by atoms with Gasteiger partial charge in [0.1, 0.15) is 11.4 Å². The zero-order valence-electron chi connectivity index (χ0n) is 8.54. The van der Waals surface area contributed by atoms with Crippen LogP contribution in [0.3, 0.4) is 0 Å². The lowest BCUT2D eigenvalue weighted by molar-refractivity contribution is -0.00889. The number of nitrogens with zero attached hydrogens (tertiary/aromatic N) is 2. The van der Waals surface area contributed by atoms with Crippen LogP contribution in [-0.2, 0) is 10.3 Å². The van der Waals surface area contributed by atoms with Gasteiger partial charge in [0.05, 0.1) is 4.47 Å². The summed E-state index contributed by atoms with van der Waals surface area (Å²) in [6, 6.07) is 0. The first kappa shape index (κ1) is 11.4. The zero-order valence-corrected chi connectivity index (χ0v) is 10.1. The molecule has 0 aliphatic heterocycles. The molecule has 1 heterocycles. The van der Waals surface area contributed by atoms with Crippen LogP contribution in [0.2, 0.25) is 0 Å². The van der Waals surface area contributed by atoms with Crippen LogP contribution in [0.4, 0.5) is 5.82 Å². The predicted molar refractivity (Wildman–Crippen MR) is 58.8 cm³/mol. The van der Waals surface area contributed by atoms with Crippen LogP contribution in [0, 0.1) is 0 Å². The normalized spacial score (nSPS) is 15.1. The van der Waals surface area contributed by atoms with Crippen molar-refractivity contribution in [1.82, 2.24) is 9.97 Å². The van der Waals surface area contributed by atoms with Crippen molar-refractivity contribution in [2.24, 2.45) is 0 Å². The molecule has 0 aliphatic carbocycles. The largest absolute Gasteiger partial charge is 0.383 e. The van der Waals surface area contributed by atoms with Crippen molar-refractivity contribution >= 4 is 21.7 Å². The number of hydrogen-bond acceptors (Lipinski definition) is 4. The van der Waals surface area contributed by atoms with Gasteiger partial charge in [0.15, 0.2) is 5.82 Å². The van der Waals surface area contributed by atoms with Crippen molar-refractivity contribution in [1.29, 1.82) is 0 Å². The smallest absolute Gasteiger partial charge is 0.162 e. The third kappa shape index (κ3) is 2.04. The van der Waals surface area contributed by atoms with Crippen LogP contribution >= 0.6 is 15.9 Å². The second kappa shape index (κ2) is 4.23. The molecule has 2 N–H and O–H groups in total. The van der Waals surface area contributed by atoms with Gasteiger partial charge in [-0.2, -0.15) is 0 Å². The summed E-state index contributed by atoms with van der Waals surface area (Å²) in [5.74, 6) is 1.05. The molecular formula is C9H14BrN3O. The van der Waals surface area contributed by atoms with E-state index in [1.165, 1.54) is 0 Å². The Bertz CT molecular complexity index is 326. The van der Waals surface area contributed by atoms with Gasteiger partial charge in [-0.05, 0) is 29.3 Å². The Hall–Kier alpha value is -0.680. The molecule has 1 aromatic heterocycles. The van der Waals surface area contributed by atoms with Crippen molar-refractivity contribution < 1.29 is 4.74 Å². The van der Waals surface area contributed by atoms with Gasteiger partial charge in [0.25, 0.3) is 0 Å². The highest BCUT2D eigenvalue weighted by atomic mass is 79.9. The van der Waals surface area contributed by atoms with Crippen molar-refractivity contribution in [2.75, 3.05) is 12.8 Å². The number of nitrogen functional groups attached to an aromatic ring is 1. The van der Waals surface area contributed by atoms with E-state index >= 15 is 0 Å². The van der Waals surface area contributed by atoms with Crippen LogP contribution < -0.4 is 5.73 Å². The molecule has 0 saturated carbocycles. The quantitative estimate of drug-likeness (QED) is 0.903. The van der Waals surface area contributed by atoms with Gasteiger partial charge in [-0.1, -0.05) is 6.92 Å². The van der Waals surface area contributed by atoms with Gasteiger partial charge >= 0.3 is 0 Å². The summed E-state index contributed by atoms with van der Waals surface area (Å²) in [7, 11) is 1.64. The molecule has 0 saturated heterocycles. The minimum absolute atomic E-state index is 0.437. The molecule has 0 bridgehead atoms. The standard InChI is InChI=1S/C9H14BrN3O/c1-4-9(2,14-3)8-12-5-6(10)7(11)13-8/h5H,4H2,1-3H3,(H2,11,12,13). The fourth-order valence-electron chi connectivity index (χ4n) is 1.03. The van der Waals surface area contributed by atoms with Gasteiger partial charge < -0.3 is 10.5 Å². The Morgan fingerprint density at radius 2 is 2.29 bits per heavy atom. The third-order valence-corrected chi connectivity index (χ3v) is 2.98.